The van der Waals surface area contributed by atoms with Crippen LogP contribution in [0, 0.1) is 5.92 Å². The molecular formula is C21H32N4O2. The molecule has 2 heterocycles. The second-order valence-electron chi connectivity index (χ2n) is 7.12. The van der Waals surface area contributed by atoms with E-state index in [1.807, 2.05) is 25.2 Å². The molecule has 3 rings (SSSR count). The van der Waals surface area contributed by atoms with Crippen LogP contribution in [0.1, 0.15) is 12.0 Å². The van der Waals surface area contributed by atoms with Gasteiger partial charge in [0.1, 0.15) is 12.4 Å². The van der Waals surface area contributed by atoms with Crippen LogP contribution in [-0.2, 0) is 11.3 Å². The molecule has 6 heteroatoms. The van der Waals surface area contributed by atoms with Gasteiger partial charge in [0.2, 0.25) is 0 Å². The van der Waals surface area contributed by atoms with Crippen LogP contribution in [0.25, 0.3) is 0 Å². The number of benzene rings is 1. The highest BCUT2D eigenvalue weighted by Crippen LogP contribution is 2.20. The highest BCUT2D eigenvalue weighted by atomic mass is 16.5. The van der Waals surface area contributed by atoms with Crippen LogP contribution in [0.2, 0.25) is 0 Å². The minimum atomic E-state index is 0.515. The fourth-order valence-corrected chi connectivity index (χ4v) is 3.77. The van der Waals surface area contributed by atoms with Gasteiger partial charge in [-0.05, 0) is 18.4 Å². The number of guanidine groups is 1. The number of hydrogen-bond acceptors (Lipinski definition) is 4. The summed E-state index contributed by atoms with van der Waals surface area (Å²) >= 11 is 0. The molecule has 0 amide bonds. The van der Waals surface area contributed by atoms with Gasteiger partial charge in [0.15, 0.2) is 5.96 Å². The third kappa shape index (κ3) is 5.71. The molecular weight excluding hydrogens is 340 g/mol. The maximum absolute atomic E-state index is 5.75. The highest BCUT2D eigenvalue weighted by Gasteiger charge is 2.27. The van der Waals surface area contributed by atoms with Gasteiger partial charge in [-0.1, -0.05) is 30.9 Å². The van der Waals surface area contributed by atoms with E-state index < -0.39 is 0 Å². The number of morpholine rings is 1. The molecule has 6 nitrogen and oxygen atoms in total. The van der Waals surface area contributed by atoms with Crippen LogP contribution < -0.4 is 10.1 Å². The maximum atomic E-state index is 5.75. The quantitative estimate of drug-likeness (QED) is 0.451. The van der Waals surface area contributed by atoms with Crippen LogP contribution in [0.5, 0.6) is 5.75 Å². The number of aliphatic imine (C=N–C) groups is 1. The Morgan fingerprint density at radius 1 is 1.33 bits per heavy atom. The lowest BCUT2D eigenvalue weighted by Crippen LogP contribution is -2.42. The molecule has 1 atom stereocenters. The molecule has 1 unspecified atom stereocenters. The molecule has 1 N–H and O–H groups in total. The van der Waals surface area contributed by atoms with E-state index >= 15 is 0 Å². The van der Waals surface area contributed by atoms with Crippen molar-refractivity contribution >= 4 is 5.96 Å². The molecule has 1 aromatic carbocycles. The largest absolute Gasteiger partial charge is 0.489 e. The molecule has 27 heavy (non-hydrogen) atoms. The van der Waals surface area contributed by atoms with Gasteiger partial charge < -0.3 is 19.7 Å². The zero-order chi connectivity index (χ0) is 18.9. The van der Waals surface area contributed by atoms with Crippen molar-refractivity contribution < 1.29 is 9.47 Å². The summed E-state index contributed by atoms with van der Waals surface area (Å²) in [5.74, 6) is 2.56. The smallest absolute Gasteiger partial charge is 0.193 e. The molecule has 0 radical (unpaired) electrons. The van der Waals surface area contributed by atoms with Crippen molar-refractivity contribution in [2.75, 3.05) is 59.6 Å². The number of para-hydroxylation sites is 1. The van der Waals surface area contributed by atoms with Gasteiger partial charge in [0.05, 0.1) is 13.2 Å². The summed E-state index contributed by atoms with van der Waals surface area (Å²) < 4.78 is 11.2. The number of nitrogens with zero attached hydrogens (tertiary/aromatic N) is 3. The molecule has 2 aliphatic rings. The minimum Gasteiger partial charge on any atom is -0.489 e. The summed E-state index contributed by atoms with van der Waals surface area (Å²) in [5, 5.41) is 3.51. The van der Waals surface area contributed by atoms with Gasteiger partial charge in [-0.15, -0.1) is 0 Å². The topological polar surface area (TPSA) is 49.3 Å². The lowest BCUT2D eigenvalue weighted by molar-refractivity contribution is 0.0315. The van der Waals surface area contributed by atoms with E-state index in [1.165, 1.54) is 6.42 Å². The van der Waals surface area contributed by atoms with E-state index in [0.29, 0.717) is 19.1 Å². The maximum Gasteiger partial charge on any atom is 0.193 e. The Hall–Kier alpha value is -2.05. The molecule has 148 valence electrons. The van der Waals surface area contributed by atoms with Crippen molar-refractivity contribution in [2.24, 2.45) is 10.9 Å². The average molecular weight is 373 g/mol. The van der Waals surface area contributed by atoms with Crippen LogP contribution in [0.15, 0.2) is 41.9 Å². The lowest BCUT2D eigenvalue weighted by Gasteiger charge is -2.29. The fraction of sp³-hybridized carbons (Fsp3) is 0.571. The number of rotatable bonds is 7. The first-order valence-corrected chi connectivity index (χ1v) is 9.87. The second kappa shape index (κ2) is 10.3. The molecule has 2 saturated heterocycles. The van der Waals surface area contributed by atoms with E-state index in [4.69, 9.17) is 9.47 Å². The zero-order valence-electron chi connectivity index (χ0n) is 16.4. The first kappa shape index (κ1) is 19.7. The molecule has 0 bridgehead atoms. The van der Waals surface area contributed by atoms with Crippen LogP contribution in [0.3, 0.4) is 0 Å². The third-order valence-electron chi connectivity index (χ3n) is 5.18. The van der Waals surface area contributed by atoms with E-state index in [-0.39, 0.29) is 0 Å². The SMILES string of the molecule is C=CCOc1ccccc1CNC(=NC)N1CCC(CN2CCOCC2)C1. The minimum absolute atomic E-state index is 0.515. The number of nitrogens with one attached hydrogen (secondary N) is 1. The van der Waals surface area contributed by atoms with Crippen LogP contribution in [0.4, 0.5) is 0 Å². The fourth-order valence-electron chi connectivity index (χ4n) is 3.77. The predicted molar refractivity (Wildman–Crippen MR) is 109 cm³/mol. The zero-order valence-corrected chi connectivity index (χ0v) is 16.4. The normalized spacial score (nSPS) is 21.3. The molecule has 2 aliphatic heterocycles. The van der Waals surface area contributed by atoms with Gasteiger partial charge in [-0.2, -0.15) is 0 Å². The van der Waals surface area contributed by atoms with E-state index in [0.717, 1.165) is 63.2 Å². The van der Waals surface area contributed by atoms with Crippen molar-refractivity contribution in [1.29, 1.82) is 0 Å². The Balaban J connectivity index is 1.50. The van der Waals surface area contributed by atoms with Crippen molar-refractivity contribution in [3.63, 3.8) is 0 Å². The predicted octanol–water partition coefficient (Wildman–Crippen LogP) is 1.98. The molecule has 0 saturated carbocycles. The van der Waals surface area contributed by atoms with Crippen molar-refractivity contribution in [1.82, 2.24) is 15.1 Å². The Labute approximate surface area is 162 Å². The van der Waals surface area contributed by atoms with Gasteiger partial charge in [-0.3, -0.25) is 9.89 Å². The van der Waals surface area contributed by atoms with Crippen molar-refractivity contribution in [3.8, 4) is 5.75 Å². The summed E-state index contributed by atoms with van der Waals surface area (Å²) in [5.41, 5.74) is 1.13. The third-order valence-corrected chi connectivity index (χ3v) is 5.18. The van der Waals surface area contributed by atoms with Crippen molar-refractivity contribution in [2.45, 2.75) is 13.0 Å². The van der Waals surface area contributed by atoms with E-state index in [9.17, 15) is 0 Å². The molecule has 0 spiro atoms. The summed E-state index contributed by atoms with van der Waals surface area (Å²) in [6.07, 6.45) is 2.99. The highest BCUT2D eigenvalue weighted by molar-refractivity contribution is 5.80. The number of ether oxygens (including phenoxy) is 2. The molecule has 0 aliphatic carbocycles. The Morgan fingerprint density at radius 3 is 2.93 bits per heavy atom. The molecule has 0 aromatic heterocycles. The average Bonchev–Trinajstić information content (AvgIpc) is 3.16. The standard InChI is InChI=1S/C21H32N4O2/c1-3-12-27-20-7-5-4-6-19(20)15-23-21(22-2)25-9-8-18(17-25)16-24-10-13-26-14-11-24/h3-7,18H,1,8-17H2,2H3,(H,22,23). The Bertz CT molecular complexity index is 628. The number of hydrogen-bond donors (Lipinski definition) is 1. The summed E-state index contributed by atoms with van der Waals surface area (Å²) in [4.78, 5) is 9.40. The van der Waals surface area contributed by atoms with Gasteiger partial charge in [0, 0.05) is 51.9 Å². The van der Waals surface area contributed by atoms with E-state index in [2.05, 4.69) is 32.8 Å². The van der Waals surface area contributed by atoms with Crippen LogP contribution in [-0.4, -0.2) is 75.4 Å². The Kier molecular flexibility index (Phi) is 7.54. The molecule has 1 aromatic rings. The van der Waals surface area contributed by atoms with Gasteiger partial charge in [0.25, 0.3) is 0 Å². The number of likely N-dealkylation sites (tertiary alicyclic amines) is 1. The monoisotopic (exact) mass is 372 g/mol. The summed E-state index contributed by atoms with van der Waals surface area (Å²) in [6, 6.07) is 8.11. The first-order valence-electron chi connectivity index (χ1n) is 9.87. The second-order valence-corrected chi connectivity index (χ2v) is 7.12. The lowest BCUT2D eigenvalue weighted by atomic mass is 10.1. The van der Waals surface area contributed by atoms with Crippen LogP contribution >= 0.6 is 0 Å². The van der Waals surface area contributed by atoms with Gasteiger partial charge in [-0.25, -0.2) is 0 Å². The first-order chi connectivity index (χ1) is 13.3. The summed E-state index contributed by atoms with van der Waals surface area (Å²) in [6.45, 7) is 12.1. The summed E-state index contributed by atoms with van der Waals surface area (Å²) in [7, 11) is 1.86. The van der Waals surface area contributed by atoms with E-state index in [1.54, 1.807) is 6.08 Å². The Morgan fingerprint density at radius 2 is 2.15 bits per heavy atom. The van der Waals surface area contributed by atoms with Gasteiger partial charge >= 0.3 is 0 Å². The molecule has 2 fully saturated rings. The van der Waals surface area contributed by atoms with Crippen molar-refractivity contribution in [3.05, 3.63) is 42.5 Å².